The van der Waals surface area contributed by atoms with Crippen molar-refractivity contribution < 1.29 is 17.9 Å². The molecule has 1 N–H and O–H groups in total. The zero-order valence-corrected chi connectivity index (χ0v) is 14.6. The third-order valence-electron chi connectivity index (χ3n) is 4.04. The molecule has 0 saturated carbocycles. The lowest BCUT2D eigenvalue weighted by atomic mass is 10.2. The van der Waals surface area contributed by atoms with Crippen molar-refractivity contribution in [1.29, 1.82) is 0 Å². The smallest absolute Gasteiger partial charge is 0.259 e. The van der Waals surface area contributed by atoms with E-state index < -0.39 is 15.9 Å². The van der Waals surface area contributed by atoms with Crippen LogP contribution < -0.4 is 10.1 Å². The van der Waals surface area contributed by atoms with Gasteiger partial charge in [-0.05, 0) is 43.2 Å². The SMILES string of the molecule is COc1ccc(S(=O)(=O)N2CCCC2)cc1C(=O)Nc1cccnc1. The van der Waals surface area contributed by atoms with Crippen molar-refractivity contribution >= 4 is 21.6 Å². The number of benzene rings is 1. The predicted octanol–water partition coefficient (Wildman–Crippen LogP) is 2.13. The van der Waals surface area contributed by atoms with E-state index in [2.05, 4.69) is 10.3 Å². The summed E-state index contributed by atoms with van der Waals surface area (Å²) in [5.41, 5.74) is 0.675. The number of aromatic nitrogens is 1. The third kappa shape index (κ3) is 3.64. The van der Waals surface area contributed by atoms with Gasteiger partial charge in [-0.3, -0.25) is 9.78 Å². The molecule has 3 rings (SSSR count). The number of rotatable bonds is 5. The maximum Gasteiger partial charge on any atom is 0.259 e. The summed E-state index contributed by atoms with van der Waals surface area (Å²) in [7, 11) is -2.17. The van der Waals surface area contributed by atoms with Crippen molar-refractivity contribution in [3.05, 3.63) is 48.3 Å². The highest BCUT2D eigenvalue weighted by atomic mass is 32.2. The highest BCUT2D eigenvalue weighted by Gasteiger charge is 2.28. The molecule has 1 aliphatic heterocycles. The first-order valence-electron chi connectivity index (χ1n) is 7.92. The number of pyridine rings is 1. The van der Waals surface area contributed by atoms with E-state index in [4.69, 9.17) is 4.74 Å². The molecular formula is C17H19N3O4S. The van der Waals surface area contributed by atoms with Gasteiger partial charge in [0, 0.05) is 19.3 Å². The summed E-state index contributed by atoms with van der Waals surface area (Å²) >= 11 is 0. The van der Waals surface area contributed by atoms with Gasteiger partial charge in [0.1, 0.15) is 5.75 Å². The van der Waals surface area contributed by atoms with Gasteiger partial charge in [-0.1, -0.05) is 0 Å². The van der Waals surface area contributed by atoms with Crippen LogP contribution in [0.5, 0.6) is 5.75 Å². The normalized spacial score (nSPS) is 15.1. The molecule has 1 aromatic heterocycles. The van der Waals surface area contributed by atoms with Gasteiger partial charge in [0.2, 0.25) is 10.0 Å². The van der Waals surface area contributed by atoms with Crippen LogP contribution in [0.25, 0.3) is 0 Å². The topological polar surface area (TPSA) is 88.6 Å². The minimum absolute atomic E-state index is 0.0894. The van der Waals surface area contributed by atoms with Crippen molar-refractivity contribution in [2.45, 2.75) is 17.7 Å². The van der Waals surface area contributed by atoms with Gasteiger partial charge in [-0.2, -0.15) is 4.31 Å². The molecule has 0 aliphatic carbocycles. The zero-order valence-electron chi connectivity index (χ0n) is 13.8. The summed E-state index contributed by atoms with van der Waals surface area (Å²) < 4.78 is 32.1. The van der Waals surface area contributed by atoms with Gasteiger partial charge >= 0.3 is 0 Å². The number of carbonyl (C=O) groups is 1. The lowest BCUT2D eigenvalue weighted by Crippen LogP contribution is -2.28. The fraction of sp³-hybridized carbons (Fsp3) is 0.294. The Morgan fingerprint density at radius 2 is 2.00 bits per heavy atom. The average Bonchev–Trinajstić information content (AvgIpc) is 3.17. The van der Waals surface area contributed by atoms with Gasteiger partial charge in [-0.15, -0.1) is 0 Å². The summed E-state index contributed by atoms with van der Waals surface area (Å²) in [6.45, 7) is 1.01. The van der Waals surface area contributed by atoms with Crippen molar-refractivity contribution in [3.63, 3.8) is 0 Å². The lowest BCUT2D eigenvalue weighted by Gasteiger charge is -2.17. The van der Waals surface area contributed by atoms with Gasteiger partial charge in [0.05, 0.1) is 29.5 Å². The maximum atomic E-state index is 12.7. The molecule has 2 heterocycles. The zero-order chi connectivity index (χ0) is 17.9. The van der Waals surface area contributed by atoms with Crippen molar-refractivity contribution in [2.75, 3.05) is 25.5 Å². The van der Waals surface area contributed by atoms with Gasteiger partial charge in [0.25, 0.3) is 5.91 Å². The van der Waals surface area contributed by atoms with E-state index in [0.29, 0.717) is 24.5 Å². The Bertz CT molecular complexity index is 863. The molecule has 0 unspecified atom stereocenters. The number of hydrogen-bond acceptors (Lipinski definition) is 5. The molecule has 2 aromatic rings. The van der Waals surface area contributed by atoms with Gasteiger partial charge in [-0.25, -0.2) is 8.42 Å². The number of hydrogen-bond donors (Lipinski definition) is 1. The van der Waals surface area contributed by atoms with E-state index in [1.54, 1.807) is 18.3 Å². The highest BCUT2D eigenvalue weighted by molar-refractivity contribution is 7.89. The fourth-order valence-corrected chi connectivity index (χ4v) is 4.28. The Balaban J connectivity index is 1.94. The summed E-state index contributed by atoms with van der Waals surface area (Å²) in [6, 6.07) is 7.72. The van der Waals surface area contributed by atoms with E-state index in [-0.39, 0.29) is 10.5 Å². The molecule has 0 bridgehead atoms. The molecule has 8 heteroatoms. The quantitative estimate of drug-likeness (QED) is 0.881. The molecule has 25 heavy (non-hydrogen) atoms. The molecular weight excluding hydrogens is 342 g/mol. The second-order valence-corrected chi connectivity index (χ2v) is 7.61. The molecule has 0 radical (unpaired) electrons. The second-order valence-electron chi connectivity index (χ2n) is 5.67. The van der Waals surface area contributed by atoms with Crippen LogP contribution in [-0.2, 0) is 10.0 Å². The van der Waals surface area contributed by atoms with Crippen LogP contribution in [0.3, 0.4) is 0 Å². The first-order chi connectivity index (χ1) is 12.0. The van der Waals surface area contributed by atoms with Crippen LogP contribution in [0.4, 0.5) is 5.69 Å². The number of ether oxygens (including phenoxy) is 1. The van der Waals surface area contributed by atoms with Crippen LogP contribution in [-0.4, -0.2) is 43.8 Å². The molecule has 1 aliphatic rings. The first kappa shape index (κ1) is 17.4. The molecule has 0 spiro atoms. The van der Waals surface area contributed by atoms with Crippen LogP contribution in [0.15, 0.2) is 47.6 Å². The average molecular weight is 361 g/mol. The Morgan fingerprint density at radius 3 is 2.64 bits per heavy atom. The summed E-state index contributed by atoms with van der Waals surface area (Å²) in [5.74, 6) is -0.148. The van der Waals surface area contributed by atoms with Crippen molar-refractivity contribution in [3.8, 4) is 5.75 Å². The monoisotopic (exact) mass is 361 g/mol. The number of amides is 1. The maximum absolute atomic E-state index is 12.7. The largest absolute Gasteiger partial charge is 0.496 e. The van der Waals surface area contributed by atoms with E-state index in [9.17, 15) is 13.2 Å². The fourth-order valence-electron chi connectivity index (χ4n) is 2.74. The minimum atomic E-state index is -3.61. The van der Waals surface area contributed by atoms with Crippen LogP contribution in [0.2, 0.25) is 0 Å². The summed E-state index contributed by atoms with van der Waals surface area (Å²) in [4.78, 5) is 16.6. The lowest BCUT2D eigenvalue weighted by molar-refractivity contribution is 0.102. The summed E-state index contributed by atoms with van der Waals surface area (Å²) in [5, 5.41) is 2.69. The van der Waals surface area contributed by atoms with Crippen molar-refractivity contribution in [2.24, 2.45) is 0 Å². The number of carbonyl (C=O) groups excluding carboxylic acids is 1. The summed E-state index contributed by atoms with van der Waals surface area (Å²) in [6.07, 6.45) is 4.81. The molecule has 1 aromatic carbocycles. The van der Waals surface area contributed by atoms with E-state index in [0.717, 1.165) is 12.8 Å². The number of methoxy groups -OCH3 is 1. The van der Waals surface area contributed by atoms with Crippen LogP contribution in [0.1, 0.15) is 23.2 Å². The van der Waals surface area contributed by atoms with E-state index in [1.165, 1.54) is 35.8 Å². The van der Waals surface area contributed by atoms with Crippen LogP contribution in [0, 0.1) is 0 Å². The first-order valence-corrected chi connectivity index (χ1v) is 9.36. The van der Waals surface area contributed by atoms with Crippen molar-refractivity contribution in [1.82, 2.24) is 9.29 Å². The number of anilines is 1. The van der Waals surface area contributed by atoms with E-state index in [1.807, 2.05) is 0 Å². The number of nitrogens with zero attached hydrogens (tertiary/aromatic N) is 2. The van der Waals surface area contributed by atoms with Gasteiger partial charge < -0.3 is 10.1 Å². The Labute approximate surface area is 146 Å². The van der Waals surface area contributed by atoms with Gasteiger partial charge in [0.15, 0.2) is 0 Å². The van der Waals surface area contributed by atoms with E-state index >= 15 is 0 Å². The van der Waals surface area contributed by atoms with Crippen LogP contribution >= 0.6 is 0 Å². The molecule has 132 valence electrons. The Kier molecular flexibility index (Phi) is 5.00. The molecule has 1 amide bonds. The minimum Gasteiger partial charge on any atom is -0.496 e. The second kappa shape index (κ2) is 7.20. The highest BCUT2D eigenvalue weighted by Crippen LogP contribution is 2.27. The molecule has 1 fully saturated rings. The number of nitrogens with one attached hydrogen (secondary N) is 1. The molecule has 7 nitrogen and oxygen atoms in total. The Hall–Kier alpha value is -2.45. The number of sulfonamides is 1. The third-order valence-corrected chi connectivity index (χ3v) is 5.93. The Morgan fingerprint density at radius 1 is 1.24 bits per heavy atom. The molecule has 0 atom stereocenters. The molecule has 1 saturated heterocycles. The predicted molar refractivity (Wildman–Crippen MR) is 93.2 cm³/mol. The standard InChI is InChI=1S/C17H19N3O4S/c1-24-16-7-6-14(25(22,23)20-9-2-3-10-20)11-15(16)17(21)19-13-5-4-8-18-12-13/h4-8,11-12H,2-3,9-10H2,1H3,(H,19,21).